The van der Waals surface area contributed by atoms with E-state index in [1.807, 2.05) is 18.2 Å². The van der Waals surface area contributed by atoms with Gasteiger partial charge in [0.25, 0.3) is 0 Å². The summed E-state index contributed by atoms with van der Waals surface area (Å²) in [4.78, 5) is 4.69. The molecule has 1 nitrogen and oxygen atoms in total. The van der Waals surface area contributed by atoms with Gasteiger partial charge in [-0.2, -0.15) is 0 Å². The Balaban J connectivity index is 1.50. The van der Waals surface area contributed by atoms with Crippen LogP contribution in [0.5, 0.6) is 0 Å². The van der Waals surface area contributed by atoms with Crippen molar-refractivity contribution < 1.29 is 0 Å². The van der Waals surface area contributed by atoms with Crippen LogP contribution in [0.4, 0.5) is 0 Å². The van der Waals surface area contributed by atoms with Crippen LogP contribution in [0.25, 0.3) is 0 Å². The van der Waals surface area contributed by atoms with E-state index in [1.54, 1.807) is 0 Å². The number of aliphatic imine (C=N–C) groups is 1. The van der Waals surface area contributed by atoms with Crippen molar-refractivity contribution in [1.82, 2.24) is 0 Å². The predicted octanol–water partition coefficient (Wildman–Crippen LogP) is 4.13. The van der Waals surface area contributed by atoms with Crippen molar-refractivity contribution in [3.05, 3.63) is 71.8 Å². The number of rotatable bonds is 3. The average molecular weight is 273 g/mol. The second kappa shape index (κ2) is 6.90. The Bertz CT molecular complexity index is 659. The minimum Gasteiger partial charge on any atom is -0.293 e. The second-order valence-corrected chi connectivity index (χ2v) is 5.51. The molecule has 0 amide bonds. The molecule has 1 aliphatic rings. The summed E-state index contributed by atoms with van der Waals surface area (Å²) in [5.41, 5.74) is 3.78. The maximum absolute atomic E-state index is 4.69. The molecule has 2 aromatic carbocycles. The van der Waals surface area contributed by atoms with E-state index in [9.17, 15) is 0 Å². The molecule has 1 aliphatic heterocycles. The molecule has 0 bridgehead atoms. The first-order valence-electron chi connectivity index (χ1n) is 7.50. The van der Waals surface area contributed by atoms with Crippen molar-refractivity contribution in [1.29, 1.82) is 0 Å². The van der Waals surface area contributed by atoms with Gasteiger partial charge < -0.3 is 0 Å². The van der Waals surface area contributed by atoms with Gasteiger partial charge in [-0.05, 0) is 30.0 Å². The molecule has 0 N–H and O–H groups in total. The molecule has 0 spiro atoms. The van der Waals surface area contributed by atoms with Crippen LogP contribution in [0, 0.1) is 17.8 Å². The van der Waals surface area contributed by atoms with Crippen molar-refractivity contribution in [3.63, 3.8) is 0 Å². The molecule has 104 valence electrons. The molecule has 0 aliphatic carbocycles. The van der Waals surface area contributed by atoms with Crippen molar-refractivity contribution in [2.45, 2.75) is 19.3 Å². The van der Waals surface area contributed by atoms with Crippen molar-refractivity contribution >= 4 is 5.71 Å². The largest absolute Gasteiger partial charge is 0.293 e. The Kier molecular flexibility index (Phi) is 4.49. The maximum Gasteiger partial charge on any atom is 0.0429 e. The quantitative estimate of drug-likeness (QED) is 0.746. The summed E-state index contributed by atoms with van der Waals surface area (Å²) in [7, 11) is 0. The first-order valence-corrected chi connectivity index (χ1v) is 7.50. The van der Waals surface area contributed by atoms with Crippen LogP contribution in [-0.2, 0) is 6.42 Å². The predicted molar refractivity (Wildman–Crippen MR) is 88.5 cm³/mol. The second-order valence-electron chi connectivity index (χ2n) is 5.51. The van der Waals surface area contributed by atoms with E-state index < -0.39 is 0 Å². The monoisotopic (exact) mass is 273 g/mol. The molecule has 21 heavy (non-hydrogen) atoms. The third-order valence-corrected chi connectivity index (χ3v) is 3.75. The summed E-state index contributed by atoms with van der Waals surface area (Å²) in [5, 5.41) is 0. The van der Waals surface area contributed by atoms with Gasteiger partial charge in [-0.1, -0.05) is 60.4 Å². The normalized spacial score (nSPS) is 17.0. The number of benzene rings is 2. The van der Waals surface area contributed by atoms with Gasteiger partial charge >= 0.3 is 0 Å². The molecule has 0 fully saturated rings. The minimum absolute atomic E-state index is 0.597. The third kappa shape index (κ3) is 4.07. The molecule has 0 saturated carbocycles. The number of nitrogens with zero attached hydrogens (tertiary/aromatic N) is 1. The lowest BCUT2D eigenvalue weighted by Crippen LogP contribution is -2.04. The zero-order valence-electron chi connectivity index (χ0n) is 12.1. The van der Waals surface area contributed by atoms with Crippen LogP contribution in [0.2, 0.25) is 0 Å². The fraction of sp³-hybridized carbons (Fsp3) is 0.250. The average Bonchev–Trinajstić information content (AvgIpc) is 2.97. The highest BCUT2D eigenvalue weighted by atomic mass is 14.8. The van der Waals surface area contributed by atoms with Gasteiger partial charge in [0.15, 0.2) is 0 Å². The van der Waals surface area contributed by atoms with Gasteiger partial charge in [-0.25, -0.2) is 0 Å². The van der Waals surface area contributed by atoms with Gasteiger partial charge in [0.05, 0.1) is 0 Å². The van der Waals surface area contributed by atoms with Crippen LogP contribution in [0.1, 0.15) is 24.0 Å². The summed E-state index contributed by atoms with van der Waals surface area (Å²) < 4.78 is 0. The Labute approximate surface area is 126 Å². The maximum atomic E-state index is 4.69. The van der Waals surface area contributed by atoms with Crippen LogP contribution in [-0.4, -0.2) is 12.3 Å². The first-order chi connectivity index (χ1) is 10.4. The molecular weight excluding hydrogens is 254 g/mol. The highest BCUT2D eigenvalue weighted by Gasteiger charge is 2.17. The van der Waals surface area contributed by atoms with Gasteiger partial charge in [0.1, 0.15) is 0 Å². The fourth-order valence-electron chi connectivity index (χ4n) is 2.64. The molecule has 0 unspecified atom stereocenters. The van der Waals surface area contributed by atoms with Crippen molar-refractivity contribution in [2.24, 2.45) is 10.9 Å². The molecular formula is C20H19N. The van der Waals surface area contributed by atoms with Gasteiger partial charge in [-0.3, -0.25) is 4.99 Å². The summed E-state index contributed by atoms with van der Waals surface area (Å²) in [5.74, 6) is 7.14. The molecule has 3 rings (SSSR count). The van der Waals surface area contributed by atoms with E-state index in [4.69, 9.17) is 0 Å². The van der Waals surface area contributed by atoms with E-state index in [2.05, 4.69) is 59.3 Å². The molecule has 2 aromatic rings. The van der Waals surface area contributed by atoms with Crippen molar-refractivity contribution in [2.75, 3.05) is 6.54 Å². The fourth-order valence-corrected chi connectivity index (χ4v) is 2.64. The Morgan fingerprint density at radius 2 is 1.67 bits per heavy atom. The molecule has 0 aromatic heterocycles. The minimum atomic E-state index is 0.597. The van der Waals surface area contributed by atoms with Crippen LogP contribution < -0.4 is 0 Å². The van der Waals surface area contributed by atoms with Crippen molar-refractivity contribution in [3.8, 4) is 11.8 Å². The topological polar surface area (TPSA) is 12.4 Å². The van der Waals surface area contributed by atoms with E-state index in [0.717, 1.165) is 31.4 Å². The molecule has 0 saturated heterocycles. The summed E-state index contributed by atoms with van der Waals surface area (Å²) >= 11 is 0. The Hall–Kier alpha value is -2.33. The molecule has 1 atom stereocenters. The van der Waals surface area contributed by atoms with Crippen LogP contribution in [0.15, 0.2) is 65.7 Å². The highest BCUT2D eigenvalue weighted by molar-refractivity contribution is 5.88. The van der Waals surface area contributed by atoms with Gasteiger partial charge in [0.2, 0.25) is 0 Å². The zero-order chi connectivity index (χ0) is 14.3. The third-order valence-electron chi connectivity index (χ3n) is 3.75. The van der Waals surface area contributed by atoms with E-state index in [1.165, 1.54) is 11.3 Å². The summed E-state index contributed by atoms with van der Waals surface area (Å²) in [6.07, 6.45) is 3.03. The SMILES string of the molecule is C(#Cc1ccccc1)C[C@@H]1CN=C(Cc2ccccc2)C1. The first kappa shape index (κ1) is 13.6. The Morgan fingerprint density at radius 3 is 2.43 bits per heavy atom. The molecule has 0 radical (unpaired) electrons. The van der Waals surface area contributed by atoms with Crippen LogP contribution >= 0.6 is 0 Å². The lowest BCUT2D eigenvalue weighted by atomic mass is 9.98. The van der Waals surface area contributed by atoms with E-state index in [-0.39, 0.29) is 0 Å². The highest BCUT2D eigenvalue weighted by Crippen LogP contribution is 2.19. The Morgan fingerprint density at radius 1 is 0.952 bits per heavy atom. The number of hydrogen-bond donors (Lipinski definition) is 0. The summed E-state index contributed by atoms with van der Waals surface area (Å²) in [6.45, 7) is 0.936. The van der Waals surface area contributed by atoms with Gasteiger partial charge in [-0.15, -0.1) is 0 Å². The van der Waals surface area contributed by atoms with Gasteiger partial charge in [0, 0.05) is 30.7 Å². The summed E-state index contributed by atoms with van der Waals surface area (Å²) in [6, 6.07) is 20.8. The lowest BCUT2D eigenvalue weighted by molar-refractivity contribution is 0.613. The molecule has 1 heterocycles. The van der Waals surface area contributed by atoms with E-state index in [0.29, 0.717) is 5.92 Å². The van der Waals surface area contributed by atoms with E-state index >= 15 is 0 Å². The zero-order valence-corrected chi connectivity index (χ0v) is 12.1. The number of hydrogen-bond acceptors (Lipinski definition) is 1. The lowest BCUT2D eigenvalue weighted by Gasteiger charge is -2.04. The molecule has 1 heteroatoms. The standard InChI is InChI=1S/C20H19N/c1-3-8-17(9-4-1)12-7-13-19-15-20(21-16-19)14-18-10-5-2-6-11-18/h1-6,8-11,19H,13-16H2/t19-/m0/s1. The smallest absolute Gasteiger partial charge is 0.0429 e. The van der Waals surface area contributed by atoms with Crippen LogP contribution in [0.3, 0.4) is 0 Å².